The molecule has 0 spiro atoms. The highest BCUT2D eigenvalue weighted by Gasteiger charge is 2.48. The van der Waals surface area contributed by atoms with Crippen molar-refractivity contribution < 1.29 is 62.1 Å². The van der Waals surface area contributed by atoms with Gasteiger partial charge in [-0.2, -0.15) is 0 Å². The van der Waals surface area contributed by atoms with Crippen LogP contribution in [0.4, 0.5) is 0 Å². The van der Waals surface area contributed by atoms with Crippen LogP contribution in [0.5, 0.6) is 0 Å². The van der Waals surface area contributed by atoms with Crippen molar-refractivity contribution in [3.63, 3.8) is 0 Å². The summed E-state index contributed by atoms with van der Waals surface area (Å²) in [6.07, 6.45) is 5.74. The molecule has 3 N–H and O–H groups in total. The maximum Gasteiger partial charge on any atom is 0.234 e. The molecule has 0 radical (unpaired) electrons. The first-order valence-electron chi connectivity index (χ1n) is 35.3. The average molecular weight is 1440 g/mol. The molecule has 12 rings (SSSR count). The number of amides is 3. The Bertz CT molecular complexity index is 4320. The summed E-state index contributed by atoms with van der Waals surface area (Å²) in [5.41, 5.74) is 11.9. The zero-order valence-electron chi connectivity index (χ0n) is 60.9. The van der Waals surface area contributed by atoms with Gasteiger partial charge >= 0.3 is 0 Å². The van der Waals surface area contributed by atoms with E-state index in [1.54, 1.807) is 68.6 Å². The van der Waals surface area contributed by atoms with Gasteiger partial charge in [-0.15, -0.1) is 22.7 Å². The van der Waals surface area contributed by atoms with E-state index in [4.69, 9.17) is 18.0 Å². The summed E-state index contributed by atoms with van der Waals surface area (Å²) in [6, 6.07) is 27.6. The van der Waals surface area contributed by atoms with Crippen molar-refractivity contribution in [3.05, 3.63) is 178 Å². The molecule has 3 aliphatic rings. The Morgan fingerprint density at radius 2 is 0.922 bits per heavy atom. The molecule has 0 saturated carbocycles. The van der Waals surface area contributed by atoms with Crippen LogP contribution in [0, 0.1) is 38.5 Å². The van der Waals surface area contributed by atoms with E-state index in [1.165, 1.54) is 11.3 Å². The number of likely N-dealkylation sites (tertiary alicyclic amines) is 3. The lowest BCUT2D eigenvalue weighted by Crippen LogP contribution is -2.46. The van der Waals surface area contributed by atoms with Gasteiger partial charge in [0.15, 0.2) is 29.5 Å². The number of hydrogen-bond acceptors (Lipinski definition) is 21. The zero-order valence-corrected chi connectivity index (χ0v) is 62.6. The van der Waals surface area contributed by atoms with Crippen molar-refractivity contribution in [2.75, 3.05) is 19.6 Å². The predicted octanol–water partition coefficient (Wildman–Crippen LogP) is 13.5. The van der Waals surface area contributed by atoms with Crippen LogP contribution in [0.15, 0.2) is 139 Å². The van der Waals surface area contributed by atoms with Gasteiger partial charge in [0.1, 0.15) is 29.1 Å². The Morgan fingerprint density at radius 3 is 1.28 bits per heavy atom. The normalized spacial score (nSPS) is 19.8. The van der Waals surface area contributed by atoms with Crippen LogP contribution >= 0.6 is 22.7 Å². The van der Waals surface area contributed by atoms with Crippen LogP contribution in [0.2, 0.25) is 0 Å². The largest absolute Gasteiger partial charge is 0.443 e. The molecule has 546 valence electrons. The number of hydrogen-bond donors (Lipinski definition) is 3. The molecule has 3 saturated heterocycles. The molecule has 0 unspecified atom stereocenters. The molecular weight excluding hydrogens is 1350 g/mol. The van der Waals surface area contributed by atoms with E-state index in [0.717, 1.165) is 54.6 Å². The predicted molar refractivity (Wildman–Crippen MR) is 391 cm³/mol. The number of benzene rings is 3. The van der Waals surface area contributed by atoms with Gasteiger partial charge in [-0.25, -0.2) is 4.98 Å². The summed E-state index contributed by atoms with van der Waals surface area (Å²) >= 11 is 3.17. The molecule has 3 aromatic carbocycles. The van der Waals surface area contributed by atoms with Crippen molar-refractivity contribution in [3.8, 4) is 32.2 Å². The standard InChI is InChI=1S/C28H35N3O5.C27H33N3O4S.C24H27N3O4S/c1-16(19-7-9-20(10-8-19)26-18(3)29-15-35-26)11-23(33)22-13-21(32)14-31(22)27(34)25(28(4,5)6)24-12-17(2)30-36-24;1-16(18-6-8-19(9-7-18)24-13-28-15-35-24)10-22(32)21-12-20(31)14-30(21)26(33)25(27(3,4)5)23-11-17(2)29-34-23;1-3-19(22-10-15(2)26-31-22)24(30)27-13-18(28)11-20(27)21(29)9-6-16-4-7-17(8-5-16)23-12-25-14-32-23/h7-10,12,15-16,21-22,25,32H,11,13-14H2,1-6H3;6-9,11,13,15-16,20-21,25,31H,10,12,14H2,1-5H3;4-5,7-8,10,12,14,18-20,28H,3,6,9,11,13H2,1-2H3/t16-,21-,22+,25-;16-,20-,21+,25-;18-,19-,20+/m111/s1. The molecule has 9 heterocycles. The van der Waals surface area contributed by atoms with E-state index < -0.39 is 65.0 Å². The highest BCUT2D eigenvalue weighted by Crippen LogP contribution is 2.42. The number of ketones is 3. The van der Waals surface area contributed by atoms with Crippen molar-refractivity contribution in [2.45, 2.75) is 207 Å². The third-order valence-electron chi connectivity index (χ3n) is 19.6. The number of rotatable bonds is 22. The van der Waals surface area contributed by atoms with Gasteiger partial charge in [-0.05, 0) is 91.0 Å². The molecule has 9 aromatic rings. The fraction of sp³-hybridized carbons (Fsp3) is 0.468. The highest BCUT2D eigenvalue weighted by molar-refractivity contribution is 7.13. The first-order valence-corrected chi connectivity index (χ1v) is 37.0. The molecule has 103 heavy (non-hydrogen) atoms. The van der Waals surface area contributed by atoms with E-state index in [9.17, 15) is 44.1 Å². The first-order chi connectivity index (χ1) is 48.9. The van der Waals surface area contributed by atoms with Crippen LogP contribution in [0.25, 0.3) is 32.2 Å². The van der Waals surface area contributed by atoms with Crippen molar-refractivity contribution in [1.29, 1.82) is 0 Å². The summed E-state index contributed by atoms with van der Waals surface area (Å²) in [5.74, 6) is -0.278. The van der Waals surface area contributed by atoms with Crippen LogP contribution < -0.4 is 0 Å². The average Bonchev–Trinajstić information content (AvgIpc) is 1.68. The maximum absolute atomic E-state index is 13.8. The quantitative estimate of drug-likeness (QED) is 0.0568. The van der Waals surface area contributed by atoms with Crippen LogP contribution in [-0.4, -0.2) is 152 Å². The smallest absolute Gasteiger partial charge is 0.234 e. The fourth-order valence-electron chi connectivity index (χ4n) is 14.2. The van der Waals surface area contributed by atoms with Gasteiger partial charge in [0, 0.05) is 94.3 Å². The summed E-state index contributed by atoms with van der Waals surface area (Å²) < 4.78 is 21.7. The summed E-state index contributed by atoms with van der Waals surface area (Å²) in [4.78, 5) is 99.8. The molecule has 24 heteroatoms. The van der Waals surface area contributed by atoms with E-state index in [-0.39, 0.29) is 92.2 Å². The number of oxazole rings is 1. The molecule has 22 nitrogen and oxygen atoms in total. The number of carbonyl (C=O) groups excluding carboxylic acids is 6. The lowest BCUT2D eigenvalue weighted by Gasteiger charge is -2.33. The second-order valence-corrected chi connectivity index (χ2v) is 31.7. The number of carbonyl (C=O) groups is 6. The molecule has 11 atom stereocenters. The Morgan fingerprint density at radius 1 is 0.534 bits per heavy atom. The van der Waals surface area contributed by atoms with Crippen LogP contribution in [0.1, 0.15) is 194 Å². The highest BCUT2D eigenvalue weighted by atomic mass is 32.1. The first kappa shape index (κ1) is 76.7. The summed E-state index contributed by atoms with van der Waals surface area (Å²) in [6.45, 7) is 25.5. The number of aliphatic hydroxyl groups excluding tert-OH is 3. The van der Waals surface area contributed by atoms with Crippen molar-refractivity contribution >= 4 is 57.7 Å². The Hall–Kier alpha value is -8.94. The monoisotopic (exact) mass is 1440 g/mol. The number of aliphatic hydroxyl groups is 3. The van der Waals surface area contributed by atoms with Gasteiger partial charge in [0.25, 0.3) is 0 Å². The van der Waals surface area contributed by atoms with Gasteiger partial charge in [0.05, 0.1) is 85.9 Å². The lowest BCUT2D eigenvalue weighted by molar-refractivity contribution is -0.141. The Kier molecular flexibility index (Phi) is 24.7. The molecular formula is C79H95N9O13S2. The summed E-state index contributed by atoms with van der Waals surface area (Å²) in [7, 11) is 0. The van der Waals surface area contributed by atoms with Crippen molar-refractivity contribution in [1.82, 2.24) is 45.1 Å². The number of aromatic nitrogens is 6. The van der Waals surface area contributed by atoms with Gasteiger partial charge in [-0.3, -0.25) is 38.7 Å². The zero-order chi connectivity index (χ0) is 74.2. The second-order valence-electron chi connectivity index (χ2n) is 29.9. The molecule has 0 aliphatic carbocycles. The minimum absolute atomic E-state index is 0.0111. The van der Waals surface area contributed by atoms with E-state index in [0.29, 0.717) is 60.0 Å². The number of thiazole rings is 2. The minimum atomic E-state index is -0.736. The van der Waals surface area contributed by atoms with Crippen LogP contribution in [-0.2, 0) is 35.2 Å². The third kappa shape index (κ3) is 18.7. The summed E-state index contributed by atoms with van der Waals surface area (Å²) in [5, 5.41) is 42.9. The lowest BCUT2D eigenvalue weighted by atomic mass is 9.78. The molecule has 3 amide bonds. The molecule has 0 bridgehead atoms. The van der Waals surface area contributed by atoms with Crippen molar-refractivity contribution in [2.24, 2.45) is 10.8 Å². The van der Waals surface area contributed by atoms with Gasteiger partial charge in [0.2, 0.25) is 17.7 Å². The Labute approximate surface area is 609 Å². The van der Waals surface area contributed by atoms with E-state index in [1.807, 2.05) is 168 Å². The number of aryl methyl sites for hydroxylation is 5. The van der Waals surface area contributed by atoms with E-state index >= 15 is 0 Å². The SMILES string of the molecule is CC[C@@H](C(=O)N1C[C@H](O)C[C@H]1C(=O)CCc1ccc(-c2cncs2)cc1)c1cc(C)no1.Cc1cc([C@H](C(=O)N2C[C@H](O)C[C@H]2C(=O)C[C@@H](C)c2ccc(-c3cncs3)cc2)C(C)(C)C)on1.Cc1cc([C@H](C(=O)N2C[C@H](O)C[C@H]2C(=O)C[C@@H](C)c2ccc(-c3ocnc3C)cc2)C(C)(C)C)on1. The van der Waals surface area contributed by atoms with Gasteiger partial charge < -0.3 is 48.0 Å². The third-order valence-corrected chi connectivity index (χ3v) is 21.3. The Balaban J connectivity index is 0.000000166. The molecule has 3 fully saturated rings. The maximum atomic E-state index is 13.8. The van der Waals surface area contributed by atoms with Gasteiger partial charge in [-0.1, -0.05) is 151 Å². The fourth-order valence-corrected chi connectivity index (χ4v) is 15.4. The molecule has 3 aliphatic heterocycles. The molecule has 6 aromatic heterocycles. The minimum Gasteiger partial charge on any atom is -0.443 e. The number of Topliss-reactive ketones (excluding diaryl/α,β-unsaturated/α-hetero) is 3. The topological polar surface area (TPSA) is 303 Å². The van der Waals surface area contributed by atoms with Crippen LogP contribution in [0.3, 0.4) is 0 Å². The second kappa shape index (κ2) is 33.2. The van der Waals surface area contributed by atoms with E-state index in [2.05, 4.69) is 30.4 Å². The number of nitrogens with zero attached hydrogens (tertiary/aromatic N) is 9. The number of β-amino-alcohol motifs (C(OH)–C–C–N with tert-alkyl or cyclic N) is 3.